The Labute approximate surface area is 146 Å². The highest BCUT2D eigenvalue weighted by molar-refractivity contribution is 5.68. The molecule has 1 aliphatic rings. The van der Waals surface area contributed by atoms with Gasteiger partial charge in [-0.3, -0.25) is 9.69 Å². The van der Waals surface area contributed by atoms with Crippen LogP contribution in [0.2, 0.25) is 0 Å². The minimum Gasteiger partial charge on any atom is -0.379 e. The Morgan fingerprint density at radius 1 is 1.12 bits per heavy atom. The summed E-state index contributed by atoms with van der Waals surface area (Å²) < 4.78 is 9.06. The van der Waals surface area contributed by atoms with Crippen molar-refractivity contribution in [3.05, 3.63) is 58.5 Å². The van der Waals surface area contributed by atoms with Crippen LogP contribution in [0, 0.1) is 6.92 Å². The minimum absolute atomic E-state index is 0.0597. The summed E-state index contributed by atoms with van der Waals surface area (Å²) in [5, 5.41) is 4.64. The van der Waals surface area contributed by atoms with Crippen LogP contribution >= 0.6 is 0 Å². The van der Waals surface area contributed by atoms with E-state index in [1.54, 1.807) is 10.7 Å². The molecule has 4 rings (SSSR count). The van der Waals surface area contributed by atoms with Gasteiger partial charge in [0.1, 0.15) is 5.69 Å². The highest BCUT2D eigenvalue weighted by Crippen LogP contribution is 2.24. The van der Waals surface area contributed by atoms with Crippen molar-refractivity contribution in [1.29, 1.82) is 0 Å². The summed E-state index contributed by atoms with van der Waals surface area (Å²) in [7, 11) is 0. The molecule has 1 saturated heterocycles. The van der Waals surface area contributed by atoms with E-state index < -0.39 is 0 Å². The van der Waals surface area contributed by atoms with Crippen LogP contribution in [0.25, 0.3) is 16.9 Å². The molecule has 0 N–H and O–H groups in total. The smallest absolute Gasteiger partial charge is 0.266 e. The van der Waals surface area contributed by atoms with Crippen LogP contribution in [-0.4, -0.2) is 51.9 Å². The van der Waals surface area contributed by atoms with E-state index in [-0.39, 0.29) is 5.56 Å². The van der Waals surface area contributed by atoms with Gasteiger partial charge in [0.2, 0.25) is 0 Å². The van der Waals surface area contributed by atoms with E-state index in [0.29, 0.717) is 6.54 Å². The fourth-order valence-electron chi connectivity index (χ4n) is 3.38. The summed E-state index contributed by atoms with van der Waals surface area (Å²) in [5.74, 6) is 0. The molecular weight excluding hydrogens is 316 g/mol. The molecule has 0 amide bonds. The van der Waals surface area contributed by atoms with Crippen molar-refractivity contribution in [2.24, 2.45) is 0 Å². The van der Waals surface area contributed by atoms with Crippen molar-refractivity contribution in [2.75, 3.05) is 32.8 Å². The molecule has 1 fully saturated rings. The highest BCUT2D eigenvalue weighted by Gasteiger charge is 2.13. The van der Waals surface area contributed by atoms with Crippen molar-refractivity contribution in [3.8, 4) is 11.4 Å². The van der Waals surface area contributed by atoms with Crippen molar-refractivity contribution in [1.82, 2.24) is 19.1 Å². The van der Waals surface area contributed by atoms with E-state index in [1.165, 1.54) is 0 Å². The molecule has 6 heteroatoms. The molecule has 3 aromatic heterocycles. The third kappa shape index (κ3) is 3.23. The molecule has 6 nitrogen and oxygen atoms in total. The number of morpholine rings is 1. The number of fused-ring (bicyclic) bond motifs is 1. The number of aromatic nitrogens is 3. The van der Waals surface area contributed by atoms with E-state index in [9.17, 15) is 4.79 Å². The first-order valence-corrected chi connectivity index (χ1v) is 8.68. The van der Waals surface area contributed by atoms with E-state index >= 15 is 0 Å². The van der Waals surface area contributed by atoms with E-state index in [2.05, 4.69) is 33.5 Å². The Bertz CT molecular complexity index is 938. The first-order chi connectivity index (χ1) is 12.2. The van der Waals surface area contributed by atoms with Gasteiger partial charge in [-0.15, -0.1) is 0 Å². The molecule has 0 atom stereocenters. The maximum absolute atomic E-state index is 12.2. The molecule has 3 aromatic rings. The number of pyridine rings is 1. The molecule has 0 aliphatic carbocycles. The first kappa shape index (κ1) is 16.1. The van der Waals surface area contributed by atoms with Gasteiger partial charge in [-0.2, -0.15) is 5.10 Å². The number of aryl methyl sites for hydroxylation is 1. The maximum atomic E-state index is 12.2. The van der Waals surface area contributed by atoms with E-state index in [1.807, 2.05) is 24.4 Å². The Balaban J connectivity index is 1.64. The fraction of sp³-hybridized carbons (Fsp3) is 0.368. The lowest BCUT2D eigenvalue weighted by molar-refractivity contribution is 0.0358. The van der Waals surface area contributed by atoms with Gasteiger partial charge in [0.05, 0.1) is 25.5 Å². The standard InChI is InChI=1S/C19H22N4O2/c1-15-14-16-4-2-3-7-22(16)19(15)17-5-6-18(24)23(20-17)9-8-21-10-12-25-13-11-21/h2-7,14H,8-13H2,1H3. The van der Waals surface area contributed by atoms with Gasteiger partial charge >= 0.3 is 0 Å². The molecule has 1 aliphatic heterocycles. The molecule has 25 heavy (non-hydrogen) atoms. The SMILES string of the molecule is Cc1cc2ccccn2c1-c1ccc(=O)n(CCN2CCOCC2)n1. The Morgan fingerprint density at radius 2 is 1.96 bits per heavy atom. The highest BCUT2D eigenvalue weighted by atomic mass is 16.5. The molecule has 0 aromatic carbocycles. The van der Waals surface area contributed by atoms with Crippen LogP contribution in [-0.2, 0) is 11.3 Å². The van der Waals surface area contributed by atoms with Gasteiger partial charge in [-0.25, -0.2) is 4.68 Å². The molecule has 0 unspecified atom stereocenters. The van der Waals surface area contributed by atoms with Gasteiger partial charge in [-0.1, -0.05) is 6.07 Å². The predicted molar refractivity (Wildman–Crippen MR) is 96.9 cm³/mol. The zero-order valence-electron chi connectivity index (χ0n) is 14.4. The molecule has 130 valence electrons. The fourth-order valence-corrected chi connectivity index (χ4v) is 3.38. The first-order valence-electron chi connectivity index (χ1n) is 8.68. The van der Waals surface area contributed by atoms with Crippen molar-refractivity contribution >= 4 is 5.52 Å². The lowest BCUT2D eigenvalue weighted by Gasteiger charge is -2.26. The Morgan fingerprint density at radius 3 is 2.80 bits per heavy atom. The number of hydrogen-bond donors (Lipinski definition) is 0. The third-order valence-electron chi connectivity index (χ3n) is 4.71. The van der Waals surface area contributed by atoms with Crippen LogP contribution < -0.4 is 5.56 Å². The van der Waals surface area contributed by atoms with Gasteiger partial charge in [0.15, 0.2) is 0 Å². The second-order valence-electron chi connectivity index (χ2n) is 6.41. The predicted octanol–water partition coefficient (Wildman–Crippen LogP) is 1.80. The number of rotatable bonds is 4. The number of ether oxygens (including phenoxy) is 1. The second kappa shape index (κ2) is 6.82. The lowest BCUT2D eigenvalue weighted by atomic mass is 10.2. The van der Waals surface area contributed by atoms with Gasteiger partial charge in [0, 0.05) is 37.4 Å². The zero-order chi connectivity index (χ0) is 17.2. The van der Waals surface area contributed by atoms with Gasteiger partial charge in [0.25, 0.3) is 5.56 Å². The molecule has 0 saturated carbocycles. The van der Waals surface area contributed by atoms with Crippen LogP contribution in [0.4, 0.5) is 0 Å². The Kier molecular flexibility index (Phi) is 4.38. The van der Waals surface area contributed by atoms with Gasteiger partial charge < -0.3 is 9.14 Å². The van der Waals surface area contributed by atoms with Gasteiger partial charge in [-0.05, 0) is 36.8 Å². The summed E-state index contributed by atoms with van der Waals surface area (Å²) in [5.41, 5.74) is 4.08. The number of hydrogen-bond acceptors (Lipinski definition) is 4. The molecule has 0 radical (unpaired) electrons. The average molecular weight is 338 g/mol. The third-order valence-corrected chi connectivity index (χ3v) is 4.71. The summed E-state index contributed by atoms with van der Waals surface area (Å²) in [6.45, 7) is 6.83. The van der Waals surface area contributed by atoms with Crippen molar-refractivity contribution < 1.29 is 4.74 Å². The van der Waals surface area contributed by atoms with Crippen LogP contribution in [0.1, 0.15) is 5.56 Å². The maximum Gasteiger partial charge on any atom is 0.266 e. The summed E-state index contributed by atoms with van der Waals surface area (Å²) >= 11 is 0. The van der Waals surface area contributed by atoms with Crippen LogP contribution in [0.3, 0.4) is 0 Å². The normalized spacial score (nSPS) is 15.7. The molecular formula is C19H22N4O2. The topological polar surface area (TPSA) is 51.8 Å². The second-order valence-corrected chi connectivity index (χ2v) is 6.41. The summed E-state index contributed by atoms with van der Waals surface area (Å²) in [6, 6.07) is 11.7. The number of nitrogens with zero attached hydrogens (tertiary/aromatic N) is 4. The van der Waals surface area contributed by atoms with E-state index in [0.717, 1.165) is 55.3 Å². The zero-order valence-corrected chi connectivity index (χ0v) is 14.4. The molecule has 4 heterocycles. The summed E-state index contributed by atoms with van der Waals surface area (Å²) in [6.07, 6.45) is 2.03. The molecule has 0 bridgehead atoms. The average Bonchev–Trinajstić information content (AvgIpc) is 2.98. The van der Waals surface area contributed by atoms with Crippen LogP contribution in [0.15, 0.2) is 47.4 Å². The van der Waals surface area contributed by atoms with Crippen molar-refractivity contribution in [3.63, 3.8) is 0 Å². The van der Waals surface area contributed by atoms with Crippen LogP contribution in [0.5, 0.6) is 0 Å². The summed E-state index contributed by atoms with van der Waals surface area (Å²) in [4.78, 5) is 14.5. The molecule has 0 spiro atoms. The minimum atomic E-state index is -0.0597. The quantitative estimate of drug-likeness (QED) is 0.728. The van der Waals surface area contributed by atoms with Crippen molar-refractivity contribution in [2.45, 2.75) is 13.5 Å². The van der Waals surface area contributed by atoms with E-state index in [4.69, 9.17) is 4.74 Å². The largest absolute Gasteiger partial charge is 0.379 e. The lowest BCUT2D eigenvalue weighted by Crippen LogP contribution is -2.39. The Hall–Kier alpha value is -2.44. The monoisotopic (exact) mass is 338 g/mol.